The lowest BCUT2D eigenvalue weighted by Gasteiger charge is -2.19. The average molecular weight is 366 g/mol. The van der Waals surface area contributed by atoms with E-state index in [1.165, 1.54) is 0 Å². The van der Waals surface area contributed by atoms with Gasteiger partial charge in [0.2, 0.25) is 5.95 Å². The molecule has 2 rings (SSSR count). The summed E-state index contributed by atoms with van der Waals surface area (Å²) in [5.41, 5.74) is 0.830. The molecule has 0 spiro atoms. The molecule has 0 aliphatic heterocycles. The molecule has 1 aromatic heterocycles. The van der Waals surface area contributed by atoms with Crippen LogP contribution in [0, 0.1) is 0 Å². The van der Waals surface area contributed by atoms with Crippen molar-refractivity contribution in [1.82, 2.24) is 9.97 Å². The molecule has 142 valence electrons. The second-order valence-electron chi connectivity index (χ2n) is 7.37. The summed E-state index contributed by atoms with van der Waals surface area (Å²) < 4.78 is 39.4. The van der Waals surface area contributed by atoms with E-state index in [2.05, 4.69) is 41.4 Å². The fraction of sp³-hybridized carbons (Fsp3) is 0.474. The van der Waals surface area contributed by atoms with Gasteiger partial charge in [-0.15, -0.1) is 0 Å². The third-order valence-corrected chi connectivity index (χ3v) is 4.03. The third kappa shape index (κ3) is 5.34. The number of hydrogen-bond acceptors (Lipinski definition) is 4. The van der Waals surface area contributed by atoms with E-state index < -0.39 is 11.9 Å². The smallest absolute Gasteiger partial charge is 0.352 e. The molecule has 0 saturated heterocycles. The predicted octanol–water partition coefficient (Wildman–Crippen LogP) is 5.75. The summed E-state index contributed by atoms with van der Waals surface area (Å²) in [4.78, 5) is 7.76. The molecule has 0 fully saturated rings. The van der Waals surface area contributed by atoms with E-state index in [1.54, 1.807) is 0 Å². The molecule has 26 heavy (non-hydrogen) atoms. The van der Waals surface area contributed by atoms with Crippen LogP contribution >= 0.6 is 0 Å². The number of rotatable bonds is 5. The van der Waals surface area contributed by atoms with Crippen LogP contribution in [-0.4, -0.2) is 16.0 Å². The van der Waals surface area contributed by atoms with E-state index in [0.717, 1.165) is 18.1 Å². The summed E-state index contributed by atoms with van der Waals surface area (Å²) >= 11 is 0. The number of halogens is 3. The molecular weight excluding hydrogens is 341 g/mol. The summed E-state index contributed by atoms with van der Waals surface area (Å²) in [6, 6.07) is 8.45. The first kappa shape index (κ1) is 20.0. The zero-order valence-corrected chi connectivity index (χ0v) is 15.7. The molecule has 0 amide bonds. The predicted molar refractivity (Wildman–Crippen MR) is 98.8 cm³/mol. The number of alkyl halides is 3. The molecule has 1 aromatic carbocycles. The van der Waals surface area contributed by atoms with E-state index in [0.29, 0.717) is 5.69 Å². The highest BCUT2D eigenvalue weighted by molar-refractivity contribution is 5.58. The van der Waals surface area contributed by atoms with Crippen LogP contribution in [0.15, 0.2) is 30.3 Å². The second kappa shape index (κ2) is 7.51. The van der Waals surface area contributed by atoms with Crippen molar-refractivity contribution in [2.24, 2.45) is 0 Å². The minimum absolute atomic E-state index is 0.00425. The molecule has 4 nitrogen and oxygen atoms in total. The van der Waals surface area contributed by atoms with E-state index in [-0.39, 0.29) is 23.2 Å². The van der Waals surface area contributed by atoms with Crippen LogP contribution in [0.3, 0.4) is 0 Å². The lowest BCUT2D eigenvalue weighted by molar-refractivity contribution is -0.141. The molecule has 2 N–H and O–H groups in total. The summed E-state index contributed by atoms with van der Waals surface area (Å²) in [6.07, 6.45) is -3.79. The first-order valence-electron chi connectivity index (χ1n) is 8.59. The van der Waals surface area contributed by atoms with Gasteiger partial charge in [-0.1, -0.05) is 39.8 Å². The molecule has 0 radical (unpaired) electrons. The number of hydrogen-bond donors (Lipinski definition) is 2. The van der Waals surface area contributed by atoms with E-state index >= 15 is 0 Å². The summed E-state index contributed by atoms with van der Waals surface area (Å²) in [5.74, 6) is 0.0598. The van der Waals surface area contributed by atoms with Crippen molar-refractivity contribution >= 4 is 17.5 Å². The largest absolute Gasteiger partial charge is 0.433 e. The molecule has 0 aliphatic rings. The van der Waals surface area contributed by atoms with Gasteiger partial charge >= 0.3 is 6.18 Å². The van der Waals surface area contributed by atoms with Crippen molar-refractivity contribution in [3.63, 3.8) is 0 Å². The van der Waals surface area contributed by atoms with Crippen LogP contribution in [-0.2, 0) is 11.6 Å². The maximum absolute atomic E-state index is 13.1. The molecule has 0 bridgehead atoms. The van der Waals surface area contributed by atoms with Gasteiger partial charge in [0, 0.05) is 17.8 Å². The lowest BCUT2D eigenvalue weighted by Crippen LogP contribution is -2.18. The van der Waals surface area contributed by atoms with Gasteiger partial charge in [-0.25, -0.2) is 4.98 Å². The average Bonchev–Trinajstić information content (AvgIpc) is 2.53. The first-order valence-corrected chi connectivity index (χ1v) is 8.59. The van der Waals surface area contributed by atoms with Gasteiger partial charge in [0.1, 0.15) is 5.82 Å². The molecular formula is C19H25F3N4. The maximum Gasteiger partial charge on any atom is 0.433 e. The van der Waals surface area contributed by atoms with Crippen molar-refractivity contribution in [2.45, 2.75) is 58.7 Å². The quantitative estimate of drug-likeness (QED) is 0.708. The van der Waals surface area contributed by atoms with Gasteiger partial charge in [0.15, 0.2) is 5.69 Å². The number of nitrogens with one attached hydrogen (secondary N) is 2. The Hall–Kier alpha value is -2.31. The monoisotopic (exact) mass is 366 g/mol. The van der Waals surface area contributed by atoms with Crippen molar-refractivity contribution < 1.29 is 13.2 Å². The minimum atomic E-state index is -4.54. The molecule has 0 aliphatic carbocycles. The molecule has 7 heteroatoms. The third-order valence-electron chi connectivity index (χ3n) is 4.03. The molecule has 1 heterocycles. The fourth-order valence-electron chi connectivity index (χ4n) is 2.24. The van der Waals surface area contributed by atoms with Gasteiger partial charge < -0.3 is 10.6 Å². The Balaban J connectivity index is 2.31. The van der Waals surface area contributed by atoms with Gasteiger partial charge in [0.25, 0.3) is 0 Å². The Morgan fingerprint density at radius 2 is 1.65 bits per heavy atom. The van der Waals surface area contributed by atoms with Crippen molar-refractivity contribution in [3.05, 3.63) is 41.6 Å². The van der Waals surface area contributed by atoms with Crippen LogP contribution in [0.5, 0.6) is 0 Å². The Bertz CT molecular complexity index is 734. The van der Waals surface area contributed by atoms with Crippen LogP contribution in [0.1, 0.15) is 52.3 Å². The summed E-state index contributed by atoms with van der Waals surface area (Å²) in [6.45, 7) is 10.1. The minimum Gasteiger partial charge on any atom is -0.352 e. The SMILES string of the molecule is CC[C@@H](C)Nc1nc(Nc2ccc(C(C)(C)C)cc2)cc(C(F)(F)F)n1. The van der Waals surface area contributed by atoms with Gasteiger partial charge in [-0.05, 0) is 36.5 Å². The topological polar surface area (TPSA) is 49.8 Å². The Labute approximate surface area is 152 Å². The standard InChI is InChI=1S/C19H25F3N4/c1-6-12(2)23-17-25-15(19(20,21)22)11-16(26-17)24-14-9-7-13(8-10-14)18(3,4)5/h7-12H,6H2,1-5H3,(H2,23,24,25,26)/t12-/m1/s1. The van der Waals surface area contributed by atoms with Crippen molar-refractivity contribution in [2.75, 3.05) is 10.6 Å². The van der Waals surface area contributed by atoms with Crippen molar-refractivity contribution in [3.8, 4) is 0 Å². The molecule has 2 aromatic rings. The molecule has 1 atom stereocenters. The van der Waals surface area contributed by atoms with Crippen LogP contribution in [0.4, 0.5) is 30.6 Å². The number of anilines is 3. The Morgan fingerprint density at radius 3 is 2.15 bits per heavy atom. The van der Waals surface area contributed by atoms with Crippen molar-refractivity contribution in [1.29, 1.82) is 0 Å². The maximum atomic E-state index is 13.1. The number of aromatic nitrogens is 2. The normalized spacial score (nSPS) is 13.4. The zero-order valence-electron chi connectivity index (χ0n) is 15.7. The summed E-state index contributed by atoms with van der Waals surface area (Å²) in [5, 5.41) is 5.83. The second-order valence-corrected chi connectivity index (χ2v) is 7.37. The van der Waals surface area contributed by atoms with Crippen LogP contribution in [0.2, 0.25) is 0 Å². The van der Waals surface area contributed by atoms with Crippen LogP contribution < -0.4 is 10.6 Å². The zero-order chi connectivity index (χ0) is 19.5. The van der Waals surface area contributed by atoms with Gasteiger partial charge in [-0.2, -0.15) is 18.2 Å². The van der Waals surface area contributed by atoms with Crippen LogP contribution in [0.25, 0.3) is 0 Å². The van der Waals surface area contributed by atoms with E-state index in [1.807, 2.05) is 38.1 Å². The number of nitrogens with zero attached hydrogens (tertiary/aromatic N) is 2. The van der Waals surface area contributed by atoms with Gasteiger partial charge in [-0.3, -0.25) is 0 Å². The molecule has 0 saturated carbocycles. The lowest BCUT2D eigenvalue weighted by atomic mass is 9.87. The van der Waals surface area contributed by atoms with E-state index in [9.17, 15) is 13.2 Å². The van der Waals surface area contributed by atoms with E-state index in [4.69, 9.17) is 0 Å². The highest BCUT2D eigenvalue weighted by atomic mass is 19.4. The number of benzene rings is 1. The first-order chi connectivity index (χ1) is 12.0. The molecule has 0 unspecified atom stereocenters. The van der Waals surface area contributed by atoms with Gasteiger partial charge in [0.05, 0.1) is 0 Å². The highest BCUT2D eigenvalue weighted by Gasteiger charge is 2.34. The highest BCUT2D eigenvalue weighted by Crippen LogP contribution is 2.31. The summed E-state index contributed by atoms with van der Waals surface area (Å²) in [7, 11) is 0. The Morgan fingerprint density at radius 1 is 1.04 bits per heavy atom. The Kier molecular flexibility index (Phi) is 5.78. The fourth-order valence-corrected chi connectivity index (χ4v) is 2.24.